The number of amides is 1. The van der Waals surface area contributed by atoms with Crippen molar-refractivity contribution in [3.05, 3.63) is 46.2 Å². The average Bonchev–Trinajstić information content (AvgIpc) is 3.11. The number of thiophene rings is 1. The molecule has 0 fully saturated rings. The number of aliphatic hydroxyl groups excluding tert-OH is 1. The van der Waals surface area contributed by atoms with E-state index < -0.39 is 27.9 Å². The number of nitrogens with one attached hydrogen (secondary N) is 1. The number of carbonyl (C=O) groups excluding carboxylic acids is 1. The van der Waals surface area contributed by atoms with Crippen molar-refractivity contribution in [3.63, 3.8) is 0 Å². The molecule has 2 aromatic rings. The molecule has 1 aliphatic heterocycles. The predicted octanol–water partition coefficient (Wildman–Crippen LogP) is 1.34. The van der Waals surface area contributed by atoms with Gasteiger partial charge in [-0.25, -0.2) is 13.9 Å². The number of hydrogen-bond acceptors (Lipinski definition) is 7. The Labute approximate surface area is 167 Å². The maximum atomic E-state index is 13.4. The fourth-order valence-electron chi connectivity index (χ4n) is 3.59. The first-order chi connectivity index (χ1) is 13.4. The minimum absolute atomic E-state index is 0.0250. The second-order valence-corrected chi connectivity index (χ2v) is 9.27. The molecule has 10 heteroatoms. The van der Waals surface area contributed by atoms with Crippen LogP contribution in [0.25, 0.3) is 0 Å². The van der Waals surface area contributed by atoms with Gasteiger partial charge >= 0.3 is 0 Å². The Morgan fingerprint density at radius 2 is 2.04 bits per heavy atom. The van der Waals surface area contributed by atoms with Crippen LogP contribution in [-0.2, 0) is 21.2 Å². The molecule has 152 valence electrons. The maximum Gasteiger partial charge on any atom is 0.262 e. The molecule has 1 aromatic heterocycles. The van der Waals surface area contributed by atoms with Gasteiger partial charge in [0.2, 0.25) is 10.0 Å². The van der Waals surface area contributed by atoms with Gasteiger partial charge in [0.05, 0.1) is 12.0 Å². The number of hydrogen-bond donors (Lipinski definition) is 3. The number of rotatable bonds is 6. The van der Waals surface area contributed by atoms with Gasteiger partial charge in [-0.15, -0.1) is 11.3 Å². The van der Waals surface area contributed by atoms with Crippen molar-refractivity contribution >= 4 is 27.3 Å². The number of ether oxygens (including phenoxy) is 1. The highest BCUT2D eigenvalue weighted by Crippen LogP contribution is 2.38. The van der Waals surface area contributed by atoms with E-state index in [1.165, 1.54) is 42.7 Å². The number of methoxy groups -OCH3 is 1. The van der Waals surface area contributed by atoms with E-state index in [4.69, 9.17) is 4.74 Å². The minimum atomic E-state index is -4.03. The van der Waals surface area contributed by atoms with Crippen LogP contribution in [0.3, 0.4) is 0 Å². The lowest BCUT2D eigenvalue weighted by Crippen LogP contribution is -2.51. The largest absolute Gasteiger partial charge is 0.497 e. The fraction of sp³-hybridized carbons (Fsp3) is 0.389. The van der Waals surface area contributed by atoms with Gasteiger partial charge in [-0.3, -0.25) is 10.0 Å². The van der Waals surface area contributed by atoms with Gasteiger partial charge in [0, 0.05) is 23.9 Å². The first kappa shape index (κ1) is 20.7. The molecule has 3 rings (SSSR count). The standard InChI is InChI=1S/C18H22N2O6S2/c1-26-12-2-4-13(5-3-12)28(24,25)20-9-6-16-14(8-11-27-16)15(7-10-21)17(20)18(22)19-23/h2-5,8,11,15,17,21,23H,6-7,9-10H2,1H3,(H,19,22)/t15-,17+/m1/s1. The Morgan fingerprint density at radius 3 is 2.64 bits per heavy atom. The van der Waals surface area contributed by atoms with Gasteiger partial charge in [0.1, 0.15) is 11.8 Å². The van der Waals surface area contributed by atoms with E-state index in [1.807, 2.05) is 11.4 Å². The van der Waals surface area contributed by atoms with E-state index in [9.17, 15) is 23.5 Å². The van der Waals surface area contributed by atoms with Crippen molar-refractivity contribution in [1.29, 1.82) is 0 Å². The summed E-state index contributed by atoms with van der Waals surface area (Å²) in [4.78, 5) is 13.6. The van der Waals surface area contributed by atoms with E-state index >= 15 is 0 Å². The lowest BCUT2D eigenvalue weighted by Gasteiger charge is -2.32. The summed E-state index contributed by atoms with van der Waals surface area (Å²) in [6.07, 6.45) is 0.635. The van der Waals surface area contributed by atoms with Crippen molar-refractivity contribution < 1.29 is 28.3 Å². The van der Waals surface area contributed by atoms with Crippen LogP contribution in [0.2, 0.25) is 0 Å². The second kappa shape index (κ2) is 8.58. The monoisotopic (exact) mass is 426 g/mol. The molecule has 3 N–H and O–H groups in total. The van der Waals surface area contributed by atoms with Crippen LogP contribution < -0.4 is 10.2 Å². The van der Waals surface area contributed by atoms with E-state index in [1.54, 1.807) is 5.48 Å². The summed E-state index contributed by atoms with van der Waals surface area (Å²) in [7, 11) is -2.55. The van der Waals surface area contributed by atoms with E-state index in [-0.39, 0.29) is 24.5 Å². The summed E-state index contributed by atoms with van der Waals surface area (Å²) in [5.41, 5.74) is 2.44. The summed E-state index contributed by atoms with van der Waals surface area (Å²) in [5.74, 6) is -0.886. The van der Waals surface area contributed by atoms with Crippen molar-refractivity contribution in [2.24, 2.45) is 0 Å². The first-order valence-corrected chi connectivity index (χ1v) is 11.0. The van der Waals surface area contributed by atoms with Gasteiger partial charge in [0.15, 0.2) is 0 Å². The summed E-state index contributed by atoms with van der Waals surface area (Å²) < 4.78 is 32.9. The highest BCUT2D eigenvalue weighted by atomic mass is 32.2. The Morgan fingerprint density at radius 1 is 1.32 bits per heavy atom. The highest BCUT2D eigenvalue weighted by molar-refractivity contribution is 7.89. The molecule has 0 radical (unpaired) electrons. The SMILES string of the molecule is COc1ccc(S(=O)(=O)N2CCc3sccc3[C@@H](CCO)[C@H]2C(=O)NO)cc1. The Hall–Kier alpha value is -1.98. The number of aliphatic hydroxyl groups is 1. The molecule has 28 heavy (non-hydrogen) atoms. The lowest BCUT2D eigenvalue weighted by atomic mass is 9.89. The molecule has 2 atom stereocenters. The minimum Gasteiger partial charge on any atom is -0.497 e. The maximum absolute atomic E-state index is 13.4. The highest BCUT2D eigenvalue weighted by Gasteiger charge is 2.43. The van der Waals surface area contributed by atoms with Crippen LogP contribution in [-0.4, -0.2) is 55.2 Å². The van der Waals surface area contributed by atoms with Gasteiger partial charge in [0.25, 0.3) is 5.91 Å². The van der Waals surface area contributed by atoms with Crippen LogP contribution in [0.4, 0.5) is 0 Å². The zero-order valence-electron chi connectivity index (χ0n) is 15.2. The first-order valence-electron chi connectivity index (χ1n) is 8.71. The lowest BCUT2D eigenvalue weighted by molar-refractivity contribution is -0.134. The molecule has 0 bridgehead atoms. The zero-order chi connectivity index (χ0) is 20.3. The zero-order valence-corrected chi connectivity index (χ0v) is 16.9. The Kier molecular flexibility index (Phi) is 6.36. The Bertz CT molecular complexity index is 926. The molecule has 2 heterocycles. The molecule has 0 aliphatic carbocycles. The average molecular weight is 427 g/mol. The van der Waals surface area contributed by atoms with Crippen molar-refractivity contribution in [1.82, 2.24) is 9.79 Å². The molecule has 0 saturated carbocycles. The second-order valence-electron chi connectivity index (χ2n) is 6.38. The predicted molar refractivity (Wildman–Crippen MR) is 103 cm³/mol. The topological polar surface area (TPSA) is 116 Å². The number of hydroxylamine groups is 1. The Balaban J connectivity index is 2.08. The van der Waals surface area contributed by atoms with Crippen molar-refractivity contribution in [2.45, 2.75) is 29.7 Å². The molecule has 1 amide bonds. The summed E-state index contributed by atoms with van der Waals surface area (Å²) >= 11 is 1.49. The molecular weight excluding hydrogens is 404 g/mol. The summed E-state index contributed by atoms with van der Waals surface area (Å²) in [5, 5.41) is 20.7. The van der Waals surface area contributed by atoms with Gasteiger partial charge < -0.3 is 9.84 Å². The third kappa shape index (κ3) is 3.78. The normalized spacial score (nSPS) is 20.2. The van der Waals surface area contributed by atoms with Crippen LogP contribution in [0.1, 0.15) is 22.8 Å². The molecule has 1 aliphatic rings. The molecule has 1 aromatic carbocycles. The van der Waals surface area contributed by atoms with Crippen molar-refractivity contribution in [2.75, 3.05) is 20.3 Å². The van der Waals surface area contributed by atoms with E-state index in [2.05, 4.69) is 0 Å². The third-order valence-electron chi connectivity index (χ3n) is 4.91. The molecular formula is C18H22N2O6S2. The van der Waals surface area contributed by atoms with Crippen LogP contribution in [0.5, 0.6) is 5.75 Å². The number of fused-ring (bicyclic) bond motifs is 1. The van der Waals surface area contributed by atoms with Gasteiger partial charge in [-0.05, 0) is 54.1 Å². The van der Waals surface area contributed by atoms with Gasteiger partial charge in [-0.2, -0.15) is 4.31 Å². The third-order valence-corrected chi connectivity index (χ3v) is 7.81. The van der Waals surface area contributed by atoms with Gasteiger partial charge in [-0.1, -0.05) is 0 Å². The van der Waals surface area contributed by atoms with Crippen LogP contribution >= 0.6 is 11.3 Å². The van der Waals surface area contributed by atoms with Crippen LogP contribution in [0.15, 0.2) is 40.6 Å². The summed E-state index contributed by atoms with van der Waals surface area (Å²) in [6.45, 7) is -0.131. The van der Waals surface area contributed by atoms with E-state index in [0.29, 0.717) is 12.2 Å². The summed E-state index contributed by atoms with van der Waals surface area (Å²) in [6, 6.07) is 6.58. The number of benzene rings is 1. The number of carbonyl (C=O) groups is 1. The van der Waals surface area contributed by atoms with Crippen LogP contribution in [0, 0.1) is 0 Å². The quantitative estimate of drug-likeness (QED) is 0.474. The number of sulfonamides is 1. The molecule has 0 saturated heterocycles. The molecule has 0 unspecified atom stereocenters. The van der Waals surface area contributed by atoms with E-state index in [0.717, 1.165) is 14.7 Å². The fourth-order valence-corrected chi connectivity index (χ4v) is 6.16. The number of nitrogens with zero attached hydrogens (tertiary/aromatic N) is 1. The molecule has 0 spiro atoms. The smallest absolute Gasteiger partial charge is 0.262 e. The van der Waals surface area contributed by atoms with Crippen molar-refractivity contribution in [3.8, 4) is 5.75 Å². The molecule has 8 nitrogen and oxygen atoms in total.